The molecule has 0 aliphatic carbocycles. The van der Waals surface area contributed by atoms with Crippen molar-refractivity contribution in [2.75, 3.05) is 19.0 Å². The van der Waals surface area contributed by atoms with E-state index < -0.39 is 0 Å². The van der Waals surface area contributed by atoms with Crippen LogP contribution < -0.4 is 4.74 Å². The van der Waals surface area contributed by atoms with Crippen LogP contribution in [0.5, 0.6) is 5.88 Å². The fourth-order valence-electron chi connectivity index (χ4n) is 4.69. The standard InChI is InChI=1S/C31H54N4O3S/c1-6-8-9-10-11-12-13-14-15-16-17-18-19-20-21-22-23-38-30-28-27(34-35(30)31(3,4)5)29(33-25-32-28)39-24-26(36)37-7-2/h25H,6-24H2,1-5H3. The number of thioether (sulfide) groups is 1. The third-order valence-electron chi connectivity index (χ3n) is 6.89. The first kappa shape index (κ1) is 33.4. The maximum absolute atomic E-state index is 11.8. The van der Waals surface area contributed by atoms with E-state index in [0.29, 0.717) is 35.2 Å². The van der Waals surface area contributed by atoms with Crippen molar-refractivity contribution in [2.45, 2.75) is 148 Å². The number of fused-ring (bicyclic) bond motifs is 1. The Kier molecular flexibility index (Phi) is 16.5. The number of carbonyl (C=O) groups is 1. The molecule has 0 saturated carbocycles. The van der Waals surface area contributed by atoms with Gasteiger partial charge in [0, 0.05) is 0 Å². The molecule has 0 aliphatic rings. The number of aromatic nitrogens is 4. The lowest BCUT2D eigenvalue weighted by molar-refractivity contribution is -0.139. The van der Waals surface area contributed by atoms with E-state index in [0.717, 1.165) is 6.42 Å². The van der Waals surface area contributed by atoms with Crippen LogP contribution in [0.3, 0.4) is 0 Å². The van der Waals surface area contributed by atoms with E-state index in [-0.39, 0.29) is 17.3 Å². The predicted octanol–water partition coefficient (Wildman–Crippen LogP) is 8.88. The highest BCUT2D eigenvalue weighted by Gasteiger charge is 2.25. The monoisotopic (exact) mass is 562 g/mol. The van der Waals surface area contributed by atoms with Crippen LogP contribution in [0, 0.1) is 0 Å². The SMILES string of the molecule is CCCCCCCCCCCCCCCCCCOc1c2ncnc(SCC(=O)OCC)c2nn1C(C)(C)C. The molecule has 0 N–H and O–H groups in total. The largest absolute Gasteiger partial charge is 0.476 e. The molecule has 0 unspecified atom stereocenters. The summed E-state index contributed by atoms with van der Waals surface area (Å²) >= 11 is 1.32. The van der Waals surface area contributed by atoms with Gasteiger partial charge in [0.1, 0.15) is 16.9 Å². The van der Waals surface area contributed by atoms with Gasteiger partial charge in [-0.15, -0.1) is 0 Å². The number of unbranched alkanes of at least 4 members (excludes halogenated alkanes) is 15. The normalized spacial score (nSPS) is 11.8. The molecule has 0 fully saturated rings. The lowest BCUT2D eigenvalue weighted by Crippen LogP contribution is -2.24. The molecule has 8 heteroatoms. The van der Waals surface area contributed by atoms with Crippen molar-refractivity contribution in [3.05, 3.63) is 6.33 Å². The number of esters is 1. The summed E-state index contributed by atoms with van der Waals surface area (Å²) in [7, 11) is 0. The van der Waals surface area contributed by atoms with E-state index in [9.17, 15) is 4.79 Å². The minimum atomic E-state index is -0.270. The Labute approximate surface area is 241 Å². The summed E-state index contributed by atoms with van der Waals surface area (Å²) in [4.78, 5) is 20.7. The summed E-state index contributed by atoms with van der Waals surface area (Å²) in [6.45, 7) is 11.4. The van der Waals surface area contributed by atoms with Gasteiger partial charge in [0.2, 0.25) is 5.88 Å². The lowest BCUT2D eigenvalue weighted by atomic mass is 10.0. The van der Waals surface area contributed by atoms with E-state index >= 15 is 0 Å². The topological polar surface area (TPSA) is 79.1 Å². The number of ether oxygens (including phenoxy) is 2. The van der Waals surface area contributed by atoms with Gasteiger partial charge < -0.3 is 9.47 Å². The van der Waals surface area contributed by atoms with Crippen LogP contribution in [0.1, 0.15) is 137 Å². The van der Waals surface area contributed by atoms with Crippen molar-refractivity contribution >= 4 is 28.8 Å². The average molecular weight is 563 g/mol. The second-order valence-corrected chi connectivity index (χ2v) is 12.5. The third-order valence-corrected chi connectivity index (χ3v) is 7.84. The van der Waals surface area contributed by atoms with Gasteiger partial charge in [0.25, 0.3) is 0 Å². The Bertz CT molecular complexity index is 942. The molecule has 2 rings (SSSR count). The summed E-state index contributed by atoms with van der Waals surface area (Å²) in [5.74, 6) is 0.612. The lowest BCUT2D eigenvalue weighted by Gasteiger charge is -2.21. The summed E-state index contributed by atoms with van der Waals surface area (Å²) in [5.41, 5.74) is 1.10. The van der Waals surface area contributed by atoms with Gasteiger partial charge in [-0.25, -0.2) is 14.6 Å². The second kappa shape index (κ2) is 19.3. The van der Waals surface area contributed by atoms with Crippen LogP contribution in [0.2, 0.25) is 0 Å². The molecule has 0 radical (unpaired) electrons. The van der Waals surface area contributed by atoms with Crippen LogP contribution in [0.25, 0.3) is 11.0 Å². The first-order chi connectivity index (χ1) is 18.9. The van der Waals surface area contributed by atoms with Gasteiger partial charge in [-0.05, 0) is 34.1 Å². The Morgan fingerprint density at radius 2 is 1.33 bits per heavy atom. The molecule has 2 heterocycles. The molecule has 0 aromatic carbocycles. The minimum absolute atomic E-state index is 0.192. The Balaban J connectivity index is 1.67. The first-order valence-corrected chi connectivity index (χ1v) is 16.5. The molecule has 7 nitrogen and oxygen atoms in total. The fourth-order valence-corrected chi connectivity index (χ4v) is 5.43. The van der Waals surface area contributed by atoms with Gasteiger partial charge in [0.15, 0.2) is 5.52 Å². The zero-order valence-corrected chi connectivity index (χ0v) is 26.3. The highest BCUT2D eigenvalue weighted by atomic mass is 32.2. The van der Waals surface area contributed by atoms with E-state index in [1.807, 2.05) is 4.68 Å². The molecule has 0 saturated heterocycles. The second-order valence-electron chi connectivity index (χ2n) is 11.5. The molecule has 0 atom stereocenters. The molecule has 0 bridgehead atoms. The highest BCUT2D eigenvalue weighted by molar-refractivity contribution is 8.00. The number of rotatable bonds is 22. The Morgan fingerprint density at radius 3 is 1.85 bits per heavy atom. The van der Waals surface area contributed by atoms with Crippen molar-refractivity contribution in [1.82, 2.24) is 19.7 Å². The summed E-state index contributed by atoms with van der Waals surface area (Å²) in [6, 6.07) is 0. The van der Waals surface area contributed by atoms with E-state index in [1.54, 1.807) is 6.92 Å². The molecule has 39 heavy (non-hydrogen) atoms. The maximum atomic E-state index is 11.8. The summed E-state index contributed by atoms with van der Waals surface area (Å²) < 4.78 is 13.2. The zero-order valence-electron chi connectivity index (χ0n) is 25.4. The zero-order chi connectivity index (χ0) is 28.3. The van der Waals surface area contributed by atoms with E-state index in [2.05, 4.69) is 37.7 Å². The van der Waals surface area contributed by atoms with Gasteiger partial charge in [-0.2, -0.15) is 5.10 Å². The van der Waals surface area contributed by atoms with Crippen molar-refractivity contribution in [2.24, 2.45) is 0 Å². The quantitative estimate of drug-likeness (QED) is 0.0613. The van der Waals surface area contributed by atoms with Crippen LogP contribution in [-0.2, 0) is 15.1 Å². The molecule has 0 aliphatic heterocycles. The van der Waals surface area contributed by atoms with Crippen LogP contribution in [0.4, 0.5) is 0 Å². The smallest absolute Gasteiger partial charge is 0.316 e. The van der Waals surface area contributed by atoms with Crippen LogP contribution >= 0.6 is 11.8 Å². The number of hydrogen-bond acceptors (Lipinski definition) is 7. The molecule has 2 aromatic rings. The van der Waals surface area contributed by atoms with Gasteiger partial charge >= 0.3 is 5.97 Å². The third kappa shape index (κ3) is 12.9. The average Bonchev–Trinajstić information content (AvgIpc) is 3.29. The number of carbonyl (C=O) groups excluding carboxylic acids is 1. The van der Waals surface area contributed by atoms with Crippen LogP contribution in [0.15, 0.2) is 11.4 Å². The molecule has 2 aromatic heterocycles. The van der Waals surface area contributed by atoms with Crippen molar-refractivity contribution in [3.63, 3.8) is 0 Å². The van der Waals surface area contributed by atoms with Crippen molar-refractivity contribution in [1.29, 1.82) is 0 Å². The first-order valence-electron chi connectivity index (χ1n) is 15.5. The highest BCUT2D eigenvalue weighted by Crippen LogP contribution is 2.33. The fraction of sp³-hybridized carbons (Fsp3) is 0.806. The summed E-state index contributed by atoms with van der Waals surface area (Å²) in [6.07, 6.45) is 23.1. The molecular formula is C31H54N4O3S. The number of nitrogens with zero attached hydrogens (tertiary/aromatic N) is 4. The molecule has 222 valence electrons. The maximum Gasteiger partial charge on any atom is 0.316 e. The number of hydrogen-bond donors (Lipinski definition) is 0. The molecule has 0 spiro atoms. The summed E-state index contributed by atoms with van der Waals surface area (Å²) in [5, 5.41) is 5.47. The Hall–Kier alpha value is -1.83. The van der Waals surface area contributed by atoms with E-state index in [1.165, 1.54) is 114 Å². The van der Waals surface area contributed by atoms with Crippen molar-refractivity contribution in [3.8, 4) is 5.88 Å². The van der Waals surface area contributed by atoms with Crippen molar-refractivity contribution < 1.29 is 14.3 Å². The molecule has 0 amide bonds. The molecular weight excluding hydrogens is 508 g/mol. The predicted molar refractivity (Wildman–Crippen MR) is 163 cm³/mol. The van der Waals surface area contributed by atoms with Gasteiger partial charge in [-0.1, -0.05) is 115 Å². The van der Waals surface area contributed by atoms with Gasteiger partial charge in [-0.3, -0.25) is 4.79 Å². The van der Waals surface area contributed by atoms with Gasteiger partial charge in [0.05, 0.1) is 24.5 Å². The Morgan fingerprint density at radius 1 is 0.795 bits per heavy atom. The van der Waals surface area contributed by atoms with E-state index in [4.69, 9.17) is 14.6 Å². The van der Waals surface area contributed by atoms with Crippen LogP contribution in [-0.4, -0.2) is 44.7 Å². The minimum Gasteiger partial charge on any atom is -0.476 e.